The van der Waals surface area contributed by atoms with Gasteiger partial charge in [-0.2, -0.15) is 5.26 Å². The Hall–Kier alpha value is -5.51. The van der Waals surface area contributed by atoms with Crippen LogP contribution in [0.1, 0.15) is 55.5 Å². The zero-order chi connectivity index (χ0) is 37.6. The number of fused-ring (bicyclic) bond motifs is 6. The van der Waals surface area contributed by atoms with Gasteiger partial charge in [0.2, 0.25) is 5.78 Å². The van der Waals surface area contributed by atoms with Crippen LogP contribution in [0.2, 0.25) is 0 Å². The minimum atomic E-state index is -0.951. The standard InChI is InChI=1S/C40H41N3O9/c1-8-20(2)40(48)51-19-29-31-25(37(22(4)39(50-7)35(31)46)52-30(44)15-14-23-12-10-9-11-13-23)17-27-33-32-24(34(45)21(3)38(49-6)36(32)47)16-26(42(33)5)28(18-41)43(27)29/h8-15,26-29,33,46H,16-17,19H2,1-7H3/b15-14+,20-8-/t26-,27-,28-,29-,33-/m0/s1. The molecule has 0 aromatic heterocycles. The molecule has 3 aliphatic heterocycles. The molecule has 1 N–H and O–H groups in total. The molecule has 1 fully saturated rings. The molecule has 2 bridgehead atoms. The number of aromatic hydroxyl groups is 1. The van der Waals surface area contributed by atoms with Gasteiger partial charge in [0.15, 0.2) is 23.0 Å². The molecule has 2 aromatic rings. The summed E-state index contributed by atoms with van der Waals surface area (Å²) < 4.78 is 23.0. The Labute approximate surface area is 302 Å². The molecule has 12 heteroatoms. The van der Waals surface area contributed by atoms with Gasteiger partial charge >= 0.3 is 11.9 Å². The van der Waals surface area contributed by atoms with Gasteiger partial charge in [-0.05, 0) is 59.2 Å². The fourth-order valence-electron chi connectivity index (χ4n) is 8.19. The molecule has 2 aromatic carbocycles. The first-order valence-electron chi connectivity index (χ1n) is 17.0. The number of carbonyl (C=O) groups is 4. The lowest BCUT2D eigenvalue weighted by Crippen LogP contribution is -2.72. The first-order valence-corrected chi connectivity index (χ1v) is 17.0. The van der Waals surface area contributed by atoms with Crippen molar-refractivity contribution in [2.24, 2.45) is 0 Å². The highest BCUT2D eigenvalue weighted by Gasteiger charge is 2.59. The Morgan fingerprint density at radius 3 is 2.38 bits per heavy atom. The summed E-state index contributed by atoms with van der Waals surface area (Å²) in [6, 6.07) is 7.89. The van der Waals surface area contributed by atoms with Crippen LogP contribution < -0.4 is 9.47 Å². The number of benzene rings is 2. The van der Waals surface area contributed by atoms with E-state index in [1.54, 1.807) is 39.8 Å². The fraction of sp³-hybridized carbons (Fsp3) is 0.375. The summed E-state index contributed by atoms with van der Waals surface area (Å²) in [4.78, 5) is 58.2. The molecule has 0 unspecified atom stereocenters. The van der Waals surface area contributed by atoms with Gasteiger partial charge in [0.1, 0.15) is 18.4 Å². The number of esters is 2. The third-order valence-electron chi connectivity index (χ3n) is 10.8. The molecule has 0 saturated carbocycles. The number of methoxy groups -OCH3 is 2. The Bertz CT molecular complexity index is 2040. The van der Waals surface area contributed by atoms with Crippen LogP contribution in [0.25, 0.3) is 6.08 Å². The van der Waals surface area contributed by atoms with Crippen LogP contribution in [0.3, 0.4) is 0 Å². The van der Waals surface area contributed by atoms with E-state index in [1.807, 2.05) is 47.2 Å². The minimum Gasteiger partial charge on any atom is -0.504 e. The van der Waals surface area contributed by atoms with Gasteiger partial charge in [-0.15, -0.1) is 0 Å². The Morgan fingerprint density at radius 1 is 1.04 bits per heavy atom. The normalized spacial score (nSPS) is 24.6. The summed E-state index contributed by atoms with van der Waals surface area (Å²) >= 11 is 0. The maximum Gasteiger partial charge on any atom is 0.336 e. The zero-order valence-electron chi connectivity index (χ0n) is 30.2. The van der Waals surface area contributed by atoms with Crippen LogP contribution in [0.4, 0.5) is 0 Å². The van der Waals surface area contributed by atoms with E-state index in [-0.39, 0.29) is 64.9 Å². The van der Waals surface area contributed by atoms with Gasteiger partial charge in [-0.25, -0.2) is 9.59 Å². The van der Waals surface area contributed by atoms with Crippen molar-refractivity contribution in [3.05, 3.63) is 92.8 Å². The van der Waals surface area contributed by atoms with Gasteiger partial charge < -0.3 is 24.1 Å². The van der Waals surface area contributed by atoms with Crippen LogP contribution in [0, 0.1) is 18.3 Å². The summed E-state index contributed by atoms with van der Waals surface area (Å²) in [5.41, 5.74) is 3.03. The molecule has 0 radical (unpaired) electrons. The topological polar surface area (TPSA) is 156 Å². The highest BCUT2D eigenvalue weighted by Crippen LogP contribution is 2.55. The van der Waals surface area contributed by atoms with E-state index in [1.165, 1.54) is 20.3 Å². The van der Waals surface area contributed by atoms with Crippen molar-refractivity contribution in [2.75, 3.05) is 27.9 Å². The van der Waals surface area contributed by atoms with Gasteiger partial charge in [0.25, 0.3) is 0 Å². The van der Waals surface area contributed by atoms with Crippen LogP contribution in [-0.4, -0.2) is 90.5 Å². The molecule has 270 valence electrons. The molecule has 3 heterocycles. The van der Waals surface area contributed by atoms with E-state index < -0.39 is 47.9 Å². The van der Waals surface area contributed by atoms with Crippen molar-refractivity contribution in [2.45, 2.75) is 70.7 Å². The Kier molecular flexibility index (Phi) is 9.94. The van der Waals surface area contributed by atoms with E-state index in [2.05, 4.69) is 6.07 Å². The van der Waals surface area contributed by atoms with Gasteiger partial charge in [0.05, 0.1) is 32.4 Å². The number of Topliss-reactive ketones (excluding diaryl/α,β-unsaturated/α-hetero) is 2. The number of nitriles is 1. The van der Waals surface area contributed by atoms with Gasteiger partial charge in [0, 0.05) is 57.1 Å². The van der Waals surface area contributed by atoms with Crippen LogP contribution in [0.15, 0.2) is 70.5 Å². The molecule has 5 atom stereocenters. The first-order chi connectivity index (χ1) is 24.9. The van der Waals surface area contributed by atoms with Crippen molar-refractivity contribution in [3.8, 4) is 23.3 Å². The summed E-state index contributed by atoms with van der Waals surface area (Å²) in [5.74, 6) is -2.09. The maximum absolute atomic E-state index is 14.1. The maximum atomic E-state index is 14.1. The smallest absolute Gasteiger partial charge is 0.336 e. The van der Waals surface area contributed by atoms with Crippen molar-refractivity contribution in [1.29, 1.82) is 5.26 Å². The Balaban J connectivity index is 1.55. The predicted octanol–water partition coefficient (Wildman–Crippen LogP) is 4.45. The number of ether oxygens (including phenoxy) is 4. The number of allylic oxidation sites excluding steroid dienone is 3. The number of hydrogen-bond donors (Lipinski definition) is 1. The molecule has 52 heavy (non-hydrogen) atoms. The average molecular weight is 708 g/mol. The lowest BCUT2D eigenvalue weighted by Gasteiger charge is -2.60. The minimum absolute atomic E-state index is 0.0360. The second-order valence-corrected chi connectivity index (χ2v) is 13.4. The van der Waals surface area contributed by atoms with Crippen LogP contribution in [-0.2, 0) is 35.1 Å². The quantitative estimate of drug-likeness (QED) is 0.178. The monoisotopic (exact) mass is 707 g/mol. The summed E-state index contributed by atoms with van der Waals surface area (Å²) in [5, 5.41) is 22.7. The molecule has 4 aliphatic rings. The molecule has 1 aliphatic carbocycles. The van der Waals surface area contributed by atoms with Crippen LogP contribution >= 0.6 is 0 Å². The van der Waals surface area contributed by atoms with Gasteiger partial charge in [-0.1, -0.05) is 36.4 Å². The number of likely N-dealkylation sites (N-methyl/N-ethyl adjacent to an activating group) is 1. The summed E-state index contributed by atoms with van der Waals surface area (Å²) in [7, 11) is 4.55. The van der Waals surface area contributed by atoms with E-state index in [9.17, 15) is 29.5 Å². The number of piperazine rings is 1. The third-order valence-corrected chi connectivity index (χ3v) is 10.8. The van der Waals surface area contributed by atoms with Crippen LogP contribution in [0.5, 0.6) is 17.2 Å². The highest BCUT2D eigenvalue weighted by molar-refractivity contribution is 6.25. The lowest BCUT2D eigenvalue weighted by atomic mass is 9.69. The molecule has 12 nitrogen and oxygen atoms in total. The third kappa shape index (κ3) is 5.80. The number of rotatable bonds is 8. The van der Waals surface area contributed by atoms with Gasteiger partial charge in [-0.3, -0.25) is 19.4 Å². The molecular weight excluding hydrogens is 666 g/mol. The van der Waals surface area contributed by atoms with Crippen molar-refractivity contribution in [1.82, 2.24) is 9.80 Å². The molecule has 0 amide bonds. The second kappa shape index (κ2) is 14.3. The Morgan fingerprint density at radius 2 is 1.75 bits per heavy atom. The zero-order valence-corrected chi connectivity index (χ0v) is 30.2. The fourth-order valence-corrected chi connectivity index (χ4v) is 8.19. The first kappa shape index (κ1) is 36.3. The number of hydrogen-bond acceptors (Lipinski definition) is 12. The predicted molar refractivity (Wildman–Crippen MR) is 189 cm³/mol. The SMILES string of the molecule is C/C=C(/C)C(=O)OC[C@H]1c2c(O)c(OC)c(C)c(OC(=O)/C=C/c3ccccc3)c2C[C@H]2[C@H]3C4=C(C[C@@H]([C@H](C#N)N12)N3C)C(=O)C(C)=C(OC)C4=O. The van der Waals surface area contributed by atoms with E-state index in [0.29, 0.717) is 22.3 Å². The van der Waals surface area contributed by atoms with E-state index in [0.717, 1.165) is 5.56 Å². The lowest BCUT2D eigenvalue weighted by molar-refractivity contribution is -0.144. The van der Waals surface area contributed by atoms with Crippen molar-refractivity contribution in [3.63, 3.8) is 0 Å². The highest BCUT2D eigenvalue weighted by atomic mass is 16.5. The average Bonchev–Trinajstić information content (AvgIpc) is 3.14. The number of phenols is 1. The molecule has 1 saturated heterocycles. The molecular formula is C40H41N3O9. The number of nitrogens with zero attached hydrogens (tertiary/aromatic N) is 3. The summed E-state index contributed by atoms with van der Waals surface area (Å²) in [6.45, 7) is 6.25. The van der Waals surface area contributed by atoms with Crippen molar-refractivity contribution < 1.29 is 43.2 Å². The second-order valence-electron chi connectivity index (χ2n) is 13.4. The van der Waals surface area contributed by atoms with Crippen molar-refractivity contribution >= 4 is 29.6 Å². The largest absolute Gasteiger partial charge is 0.504 e. The molecule has 0 spiro atoms. The molecule has 6 rings (SSSR count). The summed E-state index contributed by atoms with van der Waals surface area (Å²) in [6.07, 6.45) is 4.74. The number of phenolic OH excluding ortho intramolecular Hbond substituents is 1. The number of ketones is 2. The van der Waals surface area contributed by atoms with E-state index in [4.69, 9.17) is 18.9 Å². The van der Waals surface area contributed by atoms with E-state index >= 15 is 0 Å². The number of carbonyl (C=O) groups excluding carboxylic acids is 4.